The van der Waals surface area contributed by atoms with Crippen molar-refractivity contribution < 1.29 is 9.59 Å². The summed E-state index contributed by atoms with van der Waals surface area (Å²) < 4.78 is 0. The lowest BCUT2D eigenvalue weighted by Crippen LogP contribution is -2.32. The standard InChI is InChI=1S/C15H15N3O2/c16-12-7-4-8-13(9-12)18-14(19)10-17-15(20)11-5-2-1-3-6-11/h1-9H,10,16H2,(H,17,20)(H,18,19). The second-order valence-corrected chi connectivity index (χ2v) is 4.22. The van der Waals surface area contributed by atoms with Crippen molar-refractivity contribution in [1.82, 2.24) is 5.32 Å². The third-order valence-corrected chi connectivity index (χ3v) is 2.62. The van der Waals surface area contributed by atoms with Crippen LogP contribution in [0.15, 0.2) is 54.6 Å². The quantitative estimate of drug-likeness (QED) is 0.738. The first-order chi connectivity index (χ1) is 9.65. The first-order valence-electron chi connectivity index (χ1n) is 6.14. The van der Waals surface area contributed by atoms with Crippen molar-refractivity contribution in [2.45, 2.75) is 0 Å². The second kappa shape index (κ2) is 6.38. The lowest BCUT2D eigenvalue weighted by atomic mass is 10.2. The molecule has 5 nitrogen and oxygen atoms in total. The Balaban J connectivity index is 1.85. The van der Waals surface area contributed by atoms with Crippen LogP contribution in [0.1, 0.15) is 10.4 Å². The molecule has 0 atom stereocenters. The zero-order valence-corrected chi connectivity index (χ0v) is 10.8. The van der Waals surface area contributed by atoms with Crippen LogP contribution in [0, 0.1) is 0 Å². The van der Waals surface area contributed by atoms with Gasteiger partial charge in [-0.1, -0.05) is 24.3 Å². The summed E-state index contributed by atoms with van der Waals surface area (Å²) in [6, 6.07) is 15.6. The maximum atomic E-state index is 11.7. The summed E-state index contributed by atoms with van der Waals surface area (Å²) in [5.41, 5.74) is 7.30. The molecular formula is C15H15N3O2. The van der Waals surface area contributed by atoms with Gasteiger partial charge in [0.05, 0.1) is 6.54 Å². The lowest BCUT2D eigenvalue weighted by molar-refractivity contribution is -0.115. The number of nitrogens with one attached hydrogen (secondary N) is 2. The minimum absolute atomic E-state index is 0.0947. The SMILES string of the molecule is Nc1cccc(NC(=O)CNC(=O)c2ccccc2)c1. The van der Waals surface area contributed by atoms with Crippen LogP contribution in [0.2, 0.25) is 0 Å². The molecular weight excluding hydrogens is 254 g/mol. The van der Waals surface area contributed by atoms with Crippen molar-refractivity contribution in [1.29, 1.82) is 0 Å². The number of carbonyl (C=O) groups excluding carboxylic acids is 2. The number of amides is 2. The van der Waals surface area contributed by atoms with Gasteiger partial charge in [-0.25, -0.2) is 0 Å². The lowest BCUT2D eigenvalue weighted by Gasteiger charge is -2.07. The molecule has 0 aliphatic carbocycles. The van der Waals surface area contributed by atoms with Gasteiger partial charge in [0.1, 0.15) is 0 Å². The molecule has 102 valence electrons. The number of nitrogens with two attached hydrogens (primary N) is 1. The Bertz CT molecular complexity index is 612. The normalized spacial score (nSPS) is 9.80. The van der Waals surface area contributed by atoms with Crippen LogP contribution in [0.4, 0.5) is 11.4 Å². The van der Waals surface area contributed by atoms with Crippen molar-refractivity contribution in [2.75, 3.05) is 17.6 Å². The summed E-state index contributed by atoms with van der Waals surface area (Å²) in [6.07, 6.45) is 0. The Morgan fingerprint density at radius 2 is 1.75 bits per heavy atom. The molecule has 0 spiro atoms. The fourth-order valence-electron chi connectivity index (χ4n) is 1.67. The van der Waals surface area contributed by atoms with Gasteiger partial charge in [-0.05, 0) is 30.3 Å². The monoisotopic (exact) mass is 269 g/mol. The first kappa shape index (κ1) is 13.6. The van der Waals surface area contributed by atoms with Gasteiger partial charge < -0.3 is 16.4 Å². The predicted octanol–water partition coefficient (Wildman–Crippen LogP) is 1.64. The average Bonchev–Trinajstić information content (AvgIpc) is 2.46. The van der Waals surface area contributed by atoms with E-state index in [4.69, 9.17) is 5.73 Å². The van der Waals surface area contributed by atoms with Gasteiger partial charge in [-0.15, -0.1) is 0 Å². The smallest absolute Gasteiger partial charge is 0.251 e. The van der Waals surface area contributed by atoms with E-state index in [9.17, 15) is 9.59 Å². The van der Waals surface area contributed by atoms with Crippen molar-refractivity contribution in [3.63, 3.8) is 0 Å². The zero-order valence-electron chi connectivity index (χ0n) is 10.8. The van der Waals surface area contributed by atoms with Crippen LogP contribution >= 0.6 is 0 Å². The summed E-state index contributed by atoms with van der Waals surface area (Å²) in [7, 11) is 0. The van der Waals surface area contributed by atoms with E-state index < -0.39 is 0 Å². The Morgan fingerprint density at radius 3 is 2.45 bits per heavy atom. The third-order valence-electron chi connectivity index (χ3n) is 2.62. The van der Waals surface area contributed by atoms with E-state index in [1.54, 1.807) is 48.5 Å². The molecule has 0 heterocycles. The molecule has 2 amide bonds. The van der Waals surface area contributed by atoms with Crippen molar-refractivity contribution in [3.8, 4) is 0 Å². The van der Waals surface area contributed by atoms with Crippen LogP contribution in [0.5, 0.6) is 0 Å². The summed E-state index contributed by atoms with van der Waals surface area (Å²) in [5, 5.41) is 5.21. The van der Waals surface area contributed by atoms with Crippen LogP contribution in [0.3, 0.4) is 0 Å². The van der Waals surface area contributed by atoms with E-state index in [0.29, 0.717) is 16.9 Å². The van der Waals surface area contributed by atoms with Crippen molar-refractivity contribution in [2.24, 2.45) is 0 Å². The molecule has 2 aromatic carbocycles. The molecule has 0 aliphatic heterocycles. The molecule has 4 N–H and O–H groups in total. The van der Waals surface area contributed by atoms with E-state index in [1.165, 1.54) is 0 Å². The highest BCUT2D eigenvalue weighted by Crippen LogP contribution is 2.11. The molecule has 20 heavy (non-hydrogen) atoms. The molecule has 2 rings (SSSR count). The van der Waals surface area contributed by atoms with Gasteiger partial charge in [-0.2, -0.15) is 0 Å². The minimum atomic E-state index is -0.306. The van der Waals surface area contributed by atoms with Crippen LogP contribution < -0.4 is 16.4 Å². The molecule has 0 fully saturated rings. The highest BCUT2D eigenvalue weighted by atomic mass is 16.2. The van der Waals surface area contributed by atoms with Crippen LogP contribution in [-0.2, 0) is 4.79 Å². The number of rotatable bonds is 4. The van der Waals surface area contributed by atoms with E-state index in [-0.39, 0.29) is 18.4 Å². The van der Waals surface area contributed by atoms with Crippen molar-refractivity contribution >= 4 is 23.2 Å². The van der Waals surface area contributed by atoms with Crippen LogP contribution in [-0.4, -0.2) is 18.4 Å². The summed E-state index contributed by atoms with van der Waals surface area (Å²) >= 11 is 0. The van der Waals surface area contributed by atoms with E-state index in [0.717, 1.165) is 0 Å². The van der Waals surface area contributed by atoms with E-state index in [1.807, 2.05) is 6.07 Å². The topological polar surface area (TPSA) is 84.2 Å². The number of benzene rings is 2. The Kier molecular flexibility index (Phi) is 4.34. The fraction of sp³-hybridized carbons (Fsp3) is 0.0667. The molecule has 0 bridgehead atoms. The largest absolute Gasteiger partial charge is 0.399 e. The first-order valence-corrected chi connectivity index (χ1v) is 6.14. The summed E-state index contributed by atoms with van der Waals surface area (Å²) in [6.45, 7) is -0.0947. The molecule has 0 saturated carbocycles. The Labute approximate surface area is 116 Å². The maximum Gasteiger partial charge on any atom is 0.251 e. The molecule has 0 aromatic heterocycles. The number of anilines is 2. The van der Waals surface area contributed by atoms with Crippen molar-refractivity contribution in [3.05, 3.63) is 60.2 Å². The highest BCUT2D eigenvalue weighted by Gasteiger charge is 2.07. The number of hydrogen-bond acceptors (Lipinski definition) is 3. The average molecular weight is 269 g/mol. The number of hydrogen-bond donors (Lipinski definition) is 3. The second-order valence-electron chi connectivity index (χ2n) is 4.22. The van der Waals surface area contributed by atoms with Crippen LogP contribution in [0.25, 0.3) is 0 Å². The molecule has 0 saturated heterocycles. The minimum Gasteiger partial charge on any atom is -0.399 e. The van der Waals surface area contributed by atoms with Gasteiger partial charge >= 0.3 is 0 Å². The summed E-state index contributed by atoms with van der Waals surface area (Å²) in [4.78, 5) is 23.4. The van der Waals surface area contributed by atoms with E-state index in [2.05, 4.69) is 10.6 Å². The predicted molar refractivity (Wildman–Crippen MR) is 78.3 cm³/mol. The van der Waals surface area contributed by atoms with Gasteiger partial charge in [-0.3, -0.25) is 9.59 Å². The Morgan fingerprint density at radius 1 is 1.00 bits per heavy atom. The summed E-state index contributed by atoms with van der Waals surface area (Å²) in [5.74, 6) is -0.590. The Hall–Kier alpha value is -2.82. The van der Waals surface area contributed by atoms with Gasteiger partial charge in [0.2, 0.25) is 5.91 Å². The number of nitrogen functional groups attached to an aromatic ring is 1. The molecule has 2 aromatic rings. The highest BCUT2D eigenvalue weighted by molar-refractivity contribution is 5.99. The molecule has 0 aliphatic rings. The zero-order chi connectivity index (χ0) is 14.4. The number of carbonyl (C=O) groups is 2. The third kappa shape index (κ3) is 3.84. The molecule has 5 heteroatoms. The van der Waals surface area contributed by atoms with Gasteiger partial charge in [0.25, 0.3) is 5.91 Å². The molecule has 0 unspecified atom stereocenters. The molecule has 0 radical (unpaired) electrons. The van der Waals surface area contributed by atoms with E-state index >= 15 is 0 Å². The fourth-order valence-corrected chi connectivity index (χ4v) is 1.67. The van der Waals surface area contributed by atoms with Gasteiger partial charge in [0.15, 0.2) is 0 Å². The maximum absolute atomic E-state index is 11.7. The van der Waals surface area contributed by atoms with Gasteiger partial charge in [0, 0.05) is 16.9 Å².